The van der Waals surface area contributed by atoms with E-state index in [4.69, 9.17) is 9.47 Å². The van der Waals surface area contributed by atoms with E-state index in [1.807, 2.05) is 6.07 Å². The number of nitrogens with zero attached hydrogens (tertiary/aromatic N) is 2. The molecule has 4 aromatic rings. The fourth-order valence-electron chi connectivity index (χ4n) is 3.48. The summed E-state index contributed by atoms with van der Waals surface area (Å²) in [7, 11) is -4.08. The Kier molecular flexibility index (Phi) is 5.67. The van der Waals surface area contributed by atoms with Crippen molar-refractivity contribution in [2.75, 3.05) is 6.79 Å². The number of carbonyl (C=O) groups is 1. The molecule has 1 aromatic heterocycles. The van der Waals surface area contributed by atoms with Crippen LogP contribution in [0.3, 0.4) is 0 Å². The summed E-state index contributed by atoms with van der Waals surface area (Å²) in [5, 5.41) is 2.81. The van der Waals surface area contributed by atoms with Crippen LogP contribution in [-0.4, -0.2) is 29.9 Å². The lowest BCUT2D eigenvalue weighted by Gasteiger charge is -2.19. The molecule has 33 heavy (non-hydrogen) atoms. The number of sulfonamides is 1. The summed E-state index contributed by atoms with van der Waals surface area (Å²) >= 11 is 0.928. The minimum absolute atomic E-state index is 0.0294. The average Bonchev–Trinajstić information content (AvgIpc) is 3.50. The fourth-order valence-corrected chi connectivity index (χ4v) is 5.43. The van der Waals surface area contributed by atoms with E-state index in [1.165, 1.54) is 6.07 Å². The molecule has 3 aromatic carbocycles. The molecule has 1 unspecified atom stereocenters. The number of hydrogen-bond acceptors (Lipinski definition) is 8. The van der Waals surface area contributed by atoms with Gasteiger partial charge < -0.3 is 14.8 Å². The van der Waals surface area contributed by atoms with Gasteiger partial charge in [0.15, 0.2) is 11.5 Å². The standard InChI is InChI=1S/C22H18N4O5S2/c27-22(23-12-14-9-10-17-18(11-14)31-13-30-17)20(15-5-2-1-3-6-15)26-33(28,29)19-8-4-7-16-21(19)25-32-24-16/h1-11,20,26H,12-13H2,(H,23,27). The van der Waals surface area contributed by atoms with Crippen LogP contribution in [0.15, 0.2) is 71.6 Å². The van der Waals surface area contributed by atoms with Gasteiger partial charge in [0.25, 0.3) is 0 Å². The molecule has 0 saturated heterocycles. The van der Waals surface area contributed by atoms with Crippen LogP contribution in [0, 0.1) is 0 Å². The molecule has 2 heterocycles. The summed E-state index contributed by atoms with van der Waals surface area (Å²) in [4.78, 5) is 13.1. The van der Waals surface area contributed by atoms with Gasteiger partial charge in [0.1, 0.15) is 22.0 Å². The maximum absolute atomic E-state index is 13.2. The third-order valence-corrected chi connectivity index (χ3v) is 7.11. The quantitative estimate of drug-likeness (QED) is 0.416. The predicted octanol–water partition coefficient (Wildman–Crippen LogP) is 2.76. The van der Waals surface area contributed by atoms with Crippen LogP contribution in [0.25, 0.3) is 11.0 Å². The van der Waals surface area contributed by atoms with Crippen molar-refractivity contribution in [3.05, 3.63) is 77.9 Å². The van der Waals surface area contributed by atoms with E-state index in [9.17, 15) is 13.2 Å². The molecule has 0 radical (unpaired) electrons. The van der Waals surface area contributed by atoms with Crippen LogP contribution in [0.5, 0.6) is 11.5 Å². The van der Waals surface area contributed by atoms with Gasteiger partial charge in [-0.3, -0.25) is 4.79 Å². The first-order valence-electron chi connectivity index (χ1n) is 9.96. The van der Waals surface area contributed by atoms with Crippen molar-refractivity contribution in [3.8, 4) is 11.5 Å². The molecule has 2 N–H and O–H groups in total. The second-order valence-electron chi connectivity index (χ2n) is 7.26. The molecule has 0 spiro atoms. The monoisotopic (exact) mass is 482 g/mol. The molecule has 9 nitrogen and oxygen atoms in total. The minimum Gasteiger partial charge on any atom is -0.454 e. The minimum atomic E-state index is -4.08. The van der Waals surface area contributed by atoms with Crippen LogP contribution in [-0.2, 0) is 21.4 Å². The van der Waals surface area contributed by atoms with Crippen LogP contribution in [0.4, 0.5) is 0 Å². The molecule has 0 saturated carbocycles. The number of amides is 1. The van der Waals surface area contributed by atoms with Crippen molar-refractivity contribution in [1.29, 1.82) is 0 Å². The van der Waals surface area contributed by atoms with Gasteiger partial charge in [-0.2, -0.15) is 13.5 Å². The highest BCUT2D eigenvalue weighted by Crippen LogP contribution is 2.32. The van der Waals surface area contributed by atoms with Crippen LogP contribution in [0.1, 0.15) is 17.2 Å². The van der Waals surface area contributed by atoms with E-state index < -0.39 is 22.0 Å². The molecule has 1 amide bonds. The normalized spacial score (nSPS) is 13.7. The number of nitrogens with one attached hydrogen (secondary N) is 2. The van der Waals surface area contributed by atoms with Gasteiger partial charge in [0.05, 0.1) is 11.7 Å². The SMILES string of the molecule is O=C(NCc1ccc2c(c1)OCO2)C(NS(=O)(=O)c1cccc2nsnc12)c1ccccc1. The van der Waals surface area contributed by atoms with Crippen LogP contribution in [0.2, 0.25) is 0 Å². The predicted molar refractivity (Wildman–Crippen MR) is 121 cm³/mol. The molecular weight excluding hydrogens is 464 g/mol. The summed E-state index contributed by atoms with van der Waals surface area (Å²) in [5.74, 6) is 0.753. The molecule has 1 aliphatic rings. The first-order chi connectivity index (χ1) is 16.0. The van der Waals surface area contributed by atoms with Crippen molar-refractivity contribution in [2.24, 2.45) is 0 Å². The van der Waals surface area contributed by atoms with E-state index in [2.05, 4.69) is 18.8 Å². The van der Waals surface area contributed by atoms with Crippen LogP contribution >= 0.6 is 11.7 Å². The zero-order valence-electron chi connectivity index (χ0n) is 17.1. The first-order valence-corrected chi connectivity index (χ1v) is 12.2. The van der Waals surface area contributed by atoms with Crippen molar-refractivity contribution in [3.63, 3.8) is 0 Å². The number of fused-ring (bicyclic) bond motifs is 2. The molecule has 1 atom stereocenters. The number of aromatic nitrogens is 2. The lowest BCUT2D eigenvalue weighted by Crippen LogP contribution is -2.40. The lowest BCUT2D eigenvalue weighted by atomic mass is 10.1. The Morgan fingerprint density at radius 1 is 1.00 bits per heavy atom. The topological polar surface area (TPSA) is 120 Å². The number of hydrogen-bond donors (Lipinski definition) is 2. The fraction of sp³-hybridized carbons (Fsp3) is 0.136. The number of ether oxygens (including phenoxy) is 2. The molecule has 0 fully saturated rings. The third-order valence-electron chi connectivity index (χ3n) is 5.11. The zero-order valence-corrected chi connectivity index (χ0v) is 18.7. The molecular formula is C22H18N4O5S2. The summed E-state index contributed by atoms with van der Waals surface area (Å²) in [6.07, 6.45) is 0. The van der Waals surface area contributed by atoms with Crippen molar-refractivity contribution < 1.29 is 22.7 Å². The maximum atomic E-state index is 13.2. The van der Waals surface area contributed by atoms with Gasteiger partial charge in [-0.05, 0) is 35.4 Å². The zero-order chi connectivity index (χ0) is 22.8. The Bertz CT molecular complexity index is 1420. The van der Waals surface area contributed by atoms with Gasteiger partial charge in [-0.15, -0.1) is 0 Å². The maximum Gasteiger partial charge on any atom is 0.243 e. The molecule has 1 aliphatic heterocycles. The molecule has 0 aliphatic carbocycles. The van der Waals surface area contributed by atoms with E-state index in [-0.39, 0.29) is 23.7 Å². The lowest BCUT2D eigenvalue weighted by molar-refractivity contribution is -0.123. The molecule has 11 heteroatoms. The van der Waals surface area contributed by atoms with E-state index in [1.54, 1.807) is 54.6 Å². The Labute approximate surface area is 193 Å². The van der Waals surface area contributed by atoms with Gasteiger partial charge >= 0.3 is 0 Å². The highest BCUT2D eigenvalue weighted by molar-refractivity contribution is 7.89. The van der Waals surface area contributed by atoms with Gasteiger partial charge in [0, 0.05) is 6.54 Å². The van der Waals surface area contributed by atoms with E-state index >= 15 is 0 Å². The summed E-state index contributed by atoms with van der Waals surface area (Å²) in [6.45, 7) is 0.344. The molecule has 168 valence electrons. The van der Waals surface area contributed by atoms with Gasteiger partial charge in [0.2, 0.25) is 22.7 Å². The second kappa shape index (κ2) is 8.77. The second-order valence-corrected chi connectivity index (χ2v) is 9.47. The highest BCUT2D eigenvalue weighted by Gasteiger charge is 2.29. The van der Waals surface area contributed by atoms with Crippen molar-refractivity contribution in [1.82, 2.24) is 18.8 Å². The summed E-state index contributed by atoms with van der Waals surface area (Å²) < 4.78 is 47.9. The third kappa shape index (κ3) is 4.38. The van der Waals surface area contributed by atoms with Crippen molar-refractivity contribution in [2.45, 2.75) is 17.5 Å². The van der Waals surface area contributed by atoms with Gasteiger partial charge in [-0.25, -0.2) is 8.42 Å². The smallest absolute Gasteiger partial charge is 0.243 e. The van der Waals surface area contributed by atoms with E-state index in [0.717, 1.165) is 17.3 Å². The van der Waals surface area contributed by atoms with E-state index in [0.29, 0.717) is 22.6 Å². The summed E-state index contributed by atoms with van der Waals surface area (Å²) in [5.41, 5.74) is 2.04. The Morgan fingerprint density at radius 3 is 2.67 bits per heavy atom. The number of carbonyl (C=O) groups excluding carboxylic acids is 1. The average molecular weight is 483 g/mol. The Morgan fingerprint density at radius 2 is 1.82 bits per heavy atom. The van der Waals surface area contributed by atoms with Crippen LogP contribution < -0.4 is 19.5 Å². The Hall–Kier alpha value is -3.54. The molecule has 0 bridgehead atoms. The molecule has 5 rings (SSSR count). The summed E-state index contributed by atoms with van der Waals surface area (Å²) in [6, 6.07) is 17.6. The number of benzene rings is 3. The van der Waals surface area contributed by atoms with Crippen molar-refractivity contribution >= 4 is 38.7 Å². The number of rotatable bonds is 7. The first kappa shape index (κ1) is 21.3. The Balaban J connectivity index is 1.40. The highest BCUT2D eigenvalue weighted by atomic mass is 32.2. The van der Waals surface area contributed by atoms with Gasteiger partial charge in [-0.1, -0.05) is 42.5 Å². The largest absolute Gasteiger partial charge is 0.454 e.